The van der Waals surface area contributed by atoms with Gasteiger partial charge in [0.05, 0.1) is 5.02 Å². The van der Waals surface area contributed by atoms with Gasteiger partial charge >= 0.3 is 0 Å². The number of rotatable bonds is 4. The number of benzene rings is 1. The van der Waals surface area contributed by atoms with Crippen molar-refractivity contribution in [2.45, 2.75) is 43.8 Å². The lowest BCUT2D eigenvalue weighted by atomic mass is 10.00. The minimum atomic E-state index is -0.429. The molecule has 1 amide bonds. The molecule has 122 valence electrons. The average molecular weight is 349 g/mol. The molecule has 0 spiro atoms. The highest BCUT2D eigenvalue weighted by atomic mass is 35.5. The van der Waals surface area contributed by atoms with E-state index >= 15 is 0 Å². The van der Waals surface area contributed by atoms with Crippen LogP contribution in [-0.4, -0.2) is 30.6 Å². The molecule has 2 atom stereocenters. The number of nitrogens with one attached hydrogen (secondary N) is 2. The van der Waals surface area contributed by atoms with Crippen LogP contribution in [0, 0.1) is 5.82 Å². The summed E-state index contributed by atoms with van der Waals surface area (Å²) in [5.74, 6) is -0.276. The first-order valence-electron chi connectivity index (χ1n) is 7.23. The molecule has 22 heavy (non-hydrogen) atoms. The normalized spacial score (nSPS) is 26.2. The fraction of sp³-hybridized carbons (Fsp3) is 0.533. The van der Waals surface area contributed by atoms with Crippen LogP contribution in [0.1, 0.15) is 25.7 Å². The summed E-state index contributed by atoms with van der Waals surface area (Å²) in [6.45, 7) is -0.107. The summed E-state index contributed by atoms with van der Waals surface area (Å²) in [7, 11) is 0. The van der Waals surface area contributed by atoms with Gasteiger partial charge in [-0.2, -0.15) is 0 Å². The second kappa shape index (κ2) is 7.49. The molecule has 0 radical (unpaired) electrons. The molecule has 3 rings (SSSR count). The summed E-state index contributed by atoms with van der Waals surface area (Å²) in [6.07, 6.45) is 4.33. The number of carbonyl (C=O) groups excluding carboxylic acids is 1. The summed E-state index contributed by atoms with van der Waals surface area (Å²) >= 11 is 5.85. The highest BCUT2D eigenvalue weighted by Gasteiger charge is 2.33. The van der Waals surface area contributed by atoms with Crippen molar-refractivity contribution in [2.75, 3.05) is 6.61 Å². The highest BCUT2D eigenvalue weighted by molar-refractivity contribution is 6.32. The molecule has 2 bridgehead atoms. The van der Waals surface area contributed by atoms with Crippen molar-refractivity contribution in [1.29, 1.82) is 0 Å². The van der Waals surface area contributed by atoms with Crippen molar-refractivity contribution in [1.82, 2.24) is 10.6 Å². The summed E-state index contributed by atoms with van der Waals surface area (Å²) in [4.78, 5) is 11.9. The van der Waals surface area contributed by atoms with E-state index in [-0.39, 0.29) is 36.0 Å². The molecule has 7 heteroatoms. The maximum atomic E-state index is 12.9. The van der Waals surface area contributed by atoms with Crippen molar-refractivity contribution < 1.29 is 13.9 Å². The molecule has 2 N–H and O–H groups in total. The minimum absolute atomic E-state index is 0. The Labute approximate surface area is 140 Å². The zero-order valence-corrected chi connectivity index (χ0v) is 13.6. The van der Waals surface area contributed by atoms with E-state index in [9.17, 15) is 9.18 Å². The largest absolute Gasteiger partial charge is 0.482 e. The lowest BCUT2D eigenvalue weighted by Crippen LogP contribution is -2.48. The van der Waals surface area contributed by atoms with Crippen LogP contribution < -0.4 is 15.4 Å². The summed E-state index contributed by atoms with van der Waals surface area (Å²) in [6, 6.07) is 5.12. The van der Waals surface area contributed by atoms with Gasteiger partial charge in [-0.25, -0.2) is 4.39 Å². The third-order valence-electron chi connectivity index (χ3n) is 4.09. The number of piperidine rings is 1. The van der Waals surface area contributed by atoms with Crippen molar-refractivity contribution >= 4 is 29.9 Å². The minimum Gasteiger partial charge on any atom is -0.482 e. The average Bonchev–Trinajstić information content (AvgIpc) is 2.77. The Kier molecular flexibility index (Phi) is 5.89. The van der Waals surface area contributed by atoms with Gasteiger partial charge in [0.2, 0.25) is 0 Å². The van der Waals surface area contributed by atoms with E-state index in [1.165, 1.54) is 31.0 Å². The predicted octanol–water partition coefficient (Wildman–Crippen LogP) is 2.68. The molecule has 2 aliphatic heterocycles. The van der Waals surface area contributed by atoms with E-state index in [1.807, 2.05) is 0 Å². The number of amides is 1. The van der Waals surface area contributed by atoms with Crippen LogP contribution in [0.4, 0.5) is 4.39 Å². The van der Waals surface area contributed by atoms with Gasteiger partial charge in [-0.15, -0.1) is 12.4 Å². The predicted molar refractivity (Wildman–Crippen MR) is 85.3 cm³/mol. The van der Waals surface area contributed by atoms with Crippen LogP contribution in [0.3, 0.4) is 0 Å². The Hall–Kier alpha value is -1.04. The van der Waals surface area contributed by atoms with Crippen molar-refractivity contribution in [3.05, 3.63) is 29.0 Å². The fourth-order valence-corrected chi connectivity index (χ4v) is 3.40. The molecule has 0 saturated carbocycles. The lowest BCUT2D eigenvalue weighted by Gasteiger charge is -2.29. The number of carbonyl (C=O) groups is 1. The number of fused-ring (bicyclic) bond motifs is 2. The van der Waals surface area contributed by atoms with Crippen LogP contribution in [0.25, 0.3) is 0 Å². The number of halogens is 3. The molecule has 0 aliphatic carbocycles. The molecule has 2 saturated heterocycles. The van der Waals surface area contributed by atoms with Gasteiger partial charge in [0, 0.05) is 18.1 Å². The second-order valence-corrected chi connectivity index (χ2v) is 6.14. The van der Waals surface area contributed by atoms with Gasteiger partial charge < -0.3 is 15.4 Å². The van der Waals surface area contributed by atoms with E-state index in [2.05, 4.69) is 10.6 Å². The van der Waals surface area contributed by atoms with Gasteiger partial charge in [0.15, 0.2) is 6.61 Å². The summed E-state index contributed by atoms with van der Waals surface area (Å²) in [5.41, 5.74) is 0. The maximum absolute atomic E-state index is 12.9. The molecule has 1 aromatic carbocycles. The highest BCUT2D eigenvalue weighted by Crippen LogP contribution is 2.27. The van der Waals surface area contributed by atoms with E-state index in [0.717, 1.165) is 12.8 Å². The Balaban J connectivity index is 0.00000176. The Bertz CT molecular complexity index is 532. The third-order valence-corrected chi connectivity index (χ3v) is 4.39. The molecule has 4 nitrogen and oxygen atoms in total. The molecular weight excluding hydrogens is 330 g/mol. The van der Waals surface area contributed by atoms with Crippen molar-refractivity contribution in [2.24, 2.45) is 0 Å². The van der Waals surface area contributed by atoms with E-state index in [4.69, 9.17) is 16.3 Å². The lowest BCUT2D eigenvalue weighted by molar-refractivity contribution is -0.124. The molecule has 1 aromatic rings. The number of hydrogen-bond acceptors (Lipinski definition) is 3. The van der Waals surface area contributed by atoms with Gasteiger partial charge in [-0.3, -0.25) is 4.79 Å². The fourth-order valence-electron chi connectivity index (χ4n) is 3.18. The Morgan fingerprint density at radius 1 is 1.36 bits per heavy atom. The second-order valence-electron chi connectivity index (χ2n) is 5.74. The third kappa shape index (κ3) is 4.24. The monoisotopic (exact) mass is 348 g/mol. The first-order chi connectivity index (χ1) is 10.1. The quantitative estimate of drug-likeness (QED) is 0.879. The molecule has 2 heterocycles. The van der Waals surface area contributed by atoms with Gasteiger partial charge in [0.25, 0.3) is 5.91 Å². The van der Waals surface area contributed by atoms with Gasteiger partial charge in [-0.1, -0.05) is 11.6 Å². The zero-order valence-electron chi connectivity index (χ0n) is 12.0. The maximum Gasteiger partial charge on any atom is 0.258 e. The van der Waals surface area contributed by atoms with Crippen LogP contribution in [0.5, 0.6) is 5.75 Å². The summed E-state index contributed by atoms with van der Waals surface area (Å²) < 4.78 is 18.2. The molecular formula is C15H19Cl2FN2O2. The molecule has 2 fully saturated rings. The van der Waals surface area contributed by atoms with Crippen LogP contribution >= 0.6 is 24.0 Å². The van der Waals surface area contributed by atoms with Gasteiger partial charge in [-0.05, 0) is 43.9 Å². The van der Waals surface area contributed by atoms with Crippen molar-refractivity contribution in [3.63, 3.8) is 0 Å². The van der Waals surface area contributed by atoms with Crippen LogP contribution in [0.2, 0.25) is 5.02 Å². The molecule has 0 aromatic heterocycles. The topological polar surface area (TPSA) is 50.4 Å². The van der Waals surface area contributed by atoms with E-state index in [1.54, 1.807) is 0 Å². The first-order valence-corrected chi connectivity index (χ1v) is 7.61. The smallest absolute Gasteiger partial charge is 0.258 e. The van der Waals surface area contributed by atoms with Crippen LogP contribution in [0.15, 0.2) is 18.2 Å². The Morgan fingerprint density at radius 3 is 2.68 bits per heavy atom. The number of ether oxygens (including phenoxy) is 1. The van der Waals surface area contributed by atoms with E-state index in [0.29, 0.717) is 17.8 Å². The molecule has 2 aliphatic rings. The zero-order chi connectivity index (χ0) is 14.8. The van der Waals surface area contributed by atoms with Gasteiger partial charge in [0.1, 0.15) is 11.6 Å². The standard InChI is InChI=1S/C15H18ClFN2O2.ClH/c16-13-5-9(17)1-4-14(13)21-8-15(20)19-12-6-10-2-3-11(7-12)18-10;/h1,4-5,10-12,18H,2-3,6-8H2,(H,19,20);1H. The molecule has 2 unspecified atom stereocenters. The SMILES string of the molecule is Cl.O=C(COc1ccc(F)cc1Cl)NC1CC2CCC(C1)N2. The Morgan fingerprint density at radius 2 is 2.05 bits per heavy atom. The van der Waals surface area contributed by atoms with Crippen molar-refractivity contribution in [3.8, 4) is 5.75 Å². The first kappa shape index (κ1) is 17.3. The number of hydrogen-bond donors (Lipinski definition) is 2. The summed E-state index contributed by atoms with van der Waals surface area (Å²) in [5, 5.41) is 6.70. The van der Waals surface area contributed by atoms with E-state index < -0.39 is 5.82 Å². The van der Waals surface area contributed by atoms with Crippen LogP contribution in [-0.2, 0) is 4.79 Å².